The molecule has 0 radical (unpaired) electrons. The Morgan fingerprint density at radius 2 is 1.41 bits per heavy atom. The van der Waals surface area contributed by atoms with E-state index < -0.39 is 29.2 Å². The van der Waals surface area contributed by atoms with Crippen LogP contribution >= 0.6 is 0 Å². The average Bonchev–Trinajstić information content (AvgIpc) is 3.17. The molecule has 0 N–H and O–H groups in total. The standard InChI is InChI=1S/C28H28O4/c1-27(2,3)26-31-25(30)28(32-26,22-17-11-6-12-18-22)23(20-13-7-4-8-14-20)19-24(29)21-15-9-5-10-16-21/h4-18,23,26H,19H2,1-3H3/t23-,26+,28-/m0/s1. The molecule has 0 aliphatic carbocycles. The summed E-state index contributed by atoms with van der Waals surface area (Å²) in [6.45, 7) is 5.91. The van der Waals surface area contributed by atoms with Gasteiger partial charge >= 0.3 is 5.97 Å². The minimum absolute atomic E-state index is 0.0506. The number of ether oxygens (including phenoxy) is 2. The Morgan fingerprint density at radius 3 is 1.94 bits per heavy atom. The van der Waals surface area contributed by atoms with Crippen molar-refractivity contribution >= 4 is 11.8 Å². The first-order valence-corrected chi connectivity index (χ1v) is 10.9. The van der Waals surface area contributed by atoms with Crippen LogP contribution in [0.5, 0.6) is 0 Å². The molecule has 4 heteroatoms. The zero-order chi connectivity index (χ0) is 22.8. The highest BCUT2D eigenvalue weighted by Crippen LogP contribution is 2.50. The molecule has 1 aliphatic heterocycles. The van der Waals surface area contributed by atoms with Crippen LogP contribution in [0.25, 0.3) is 0 Å². The average molecular weight is 429 g/mol. The van der Waals surface area contributed by atoms with Gasteiger partial charge in [-0.1, -0.05) is 112 Å². The van der Waals surface area contributed by atoms with Gasteiger partial charge in [0, 0.05) is 23.3 Å². The van der Waals surface area contributed by atoms with E-state index in [-0.39, 0.29) is 12.2 Å². The molecule has 1 aliphatic rings. The SMILES string of the molecule is CC(C)(C)[C@@H]1OC(=O)[C@](c2ccccc2)([C@@H](CC(=O)c2ccccc2)c2ccccc2)O1. The Morgan fingerprint density at radius 1 is 0.875 bits per heavy atom. The Balaban J connectivity index is 1.86. The van der Waals surface area contributed by atoms with Gasteiger partial charge in [-0.15, -0.1) is 0 Å². The highest BCUT2D eigenvalue weighted by Gasteiger charge is 2.59. The van der Waals surface area contributed by atoms with Crippen LogP contribution in [-0.2, 0) is 19.9 Å². The second-order valence-corrected chi connectivity index (χ2v) is 9.28. The van der Waals surface area contributed by atoms with Gasteiger partial charge in [-0.25, -0.2) is 4.79 Å². The van der Waals surface area contributed by atoms with Crippen molar-refractivity contribution in [1.29, 1.82) is 0 Å². The predicted octanol–water partition coefficient (Wildman–Crippen LogP) is 5.88. The number of rotatable bonds is 6. The molecule has 0 spiro atoms. The third kappa shape index (κ3) is 4.11. The Labute approximate surface area is 189 Å². The maximum Gasteiger partial charge on any atom is 0.346 e. The molecule has 1 fully saturated rings. The van der Waals surface area contributed by atoms with Gasteiger partial charge in [0.05, 0.1) is 0 Å². The summed E-state index contributed by atoms with van der Waals surface area (Å²) in [5.41, 5.74) is 0.302. The van der Waals surface area contributed by atoms with Crippen LogP contribution < -0.4 is 0 Å². The molecule has 3 aromatic carbocycles. The summed E-state index contributed by atoms with van der Waals surface area (Å²) in [4.78, 5) is 27.0. The van der Waals surface area contributed by atoms with Crippen molar-refractivity contribution in [3.05, 3.63) is 108 Å². The van der Waals surface area contributed by atoms with Gasteiger partial charge < -0.3 is 9.47 Å². The van der Waals surface area contributed by atoms with Crippen LogP contribution in [0.4, 0.5) is 0 Å². The minimum Gasteiger partial charge on any atom is -0.433 e. The maximum absolute atomic E-state index is 13.6. The minimum atomic E-state index is -1.43. The fourth-order valence-corrected chi connectivity index (χ4v) is 4.19. The van der Waals surface area contributed by atoms with E-state index in [2.05, 4.69) is 0 Å². The lowest BCUT2D eigenvalue weighted by atomic mass is 9.74. The van der Waals surface area contributed by atoms with Crippen LogP contribution in [0.2, 0.25) is 0 Å². The van der Waals surface area contributed by atoms with Crippen molar-refractivity contribution in [1.82, 2.24) is 0 Å². The normalized spacial score (nSPS) is 21.7. The largest absolute Gasteiger partial charge is 0.433 e. The van der Waals surface area contributed by atoms with Gasteiger partial charge in [0.15, 0.2) is 5.78 Å². The lowest BCUT2D eigenvalue weighted by Crippen LogP contribution is -2.42. The Kier molecular flexibility index (Phi) is 5.98. The number of ketones is 1. The fraction of sp³-hybridized carbons (Fsp3) is 0.286. The van der Waals surface area contributed by atoms with Crippen molar-refractivity contribution in [3.8, 4) is 0 Å². The highest BCUT2D eigenvalue weighted by molar-refractivity contribution is 5.97. The number of cyclic esters (lactones) is 1. The number of benzene rings is 3. The van der Waals surface area contributed by atoms with E-state index in [9.17, 15) is 9.59 Å². The molecule has 3 aromatic rings. The smallest absolute Gasteiger partial charge is 0.346 e. The Hall–Kier alpha value is -3.24. The zero-order valence-corrected chi connectivity index (χ0v) is 18.7. The zero-order valence-electron chi connectivity index (χ0n) is 18.7. The molecule has 4 rings (SSSR count). The summed E-state index contributed by atoms with van der Waals surface area (Å²) in [5.74, 6) is -1.07. The summed E-state index contributed by atoms with van der Waals surface area (Å²) in [5, 5.41) is 0. The molecule has 1 heterocycles. The van der Waals surface area contributed by atoms with E-state index in [0.29, 0.717) is 11.1 Å². The molecule has 0 amide bonds. The molecule has 1 saturated heterocycles. The number of carbonyl (C=O) groups excluding carboxylic acids is 2. The first kappa shape index (κ1) is 22.0. The van der Waals surface area contributed by atoms with Gasteiger partial charge in [0.2, 0.25) is 11.9 Å². The molecule has 0 saturated carbocycles. The summed E-state index contributed by atoms with van der Waals surface area (Å²) in [7, 11) is 0. The maximum atomic E-state index is 13.6. The molecular weight excluding hydrogens is 400 g/mol. The second kappa shape index (κ2) is 8.71. The van der Waals surface area contributed by atoms with Crippen molar-refractivity contribution in [2.75, 3.05) is 0 Å². The molecular formula is C28H28O4. The van der Waals surface area contributed by atoms with Crippen LogP contribution in [0, 0.1) is 5.41 Å². The van der Waals surface area contributed by atoms with E-state index in [1.165, 1.54) is 0 Å². The lowest BCUT2D eigenvalue weighted by molar-refractivity contribution is -0.158. The van der Waals surface area contributed by atoms with Crippen molar-refractivity contribution in [3.63, 3.8) is 0 Å². The number of hydrogen-bond acceptors (Lipinski definition) is 4. The third-order valence-electron chi connectivity index (χ3n) is 5.90. The van der Waals surface area contributed by atoms with E-state index >= 15 is 0 Å². The third-order valence-corrected chi connectivity index (χ3v) is 5.90. The van der Waals surface area contributed by atoms with Crippen molar-refractivity contribution in [2.24, 2.45) is 5.41 Å². The van der Waals surface area contributed by atoms with E-state index in [1.807, 2.05) is 99.6 Å². The lowest BCUT2D eigenvalue weighted by Gasteiger charge is -2.35. The number of hydrogen-bond donors (Lipinski definition) is 0. The summed E-state index contributed by atoms with van der Waals surface area (Å²) < 4.78 is 12.4. The van der Waals surface area contributed by atoms with Crippen LogP contribution in [0.1, 0.15) is 54.6 Å². The van der Waals surface area contributed by atoms with Gasteiger partial charge in [0.1, 0.15) is 0 Å². The van der Waals surface area contributed by atoms with Gasteiger partial charge in [0.25, 0.3) is 0 Å². The summed E-state index contributed by atoms with van der Waals surface area (Å²) in [6.07, 6.45) is -0.622. The van der Waals surface area contributed by atoms with Gasteiger partial charge in [-0.3, -0.25) is 4.79 Å². The summed E-state index contributed by atoms with van der Waals surface area (Å²) in [6, 6.07) is 28.2. The highest BCUT2D eigenvalue weighted by atomic mass is 16.8. The van der Waals surface area contributed by atoms with Crippen molar-refractivity contribution < 1.29 is 19.1 Å². The first-order valence-electron chi connectivity index (χ1n) is 10.9. The topological polar surface area (TPSA) is 52.6 Å². The quantitative estimate of drug-likeness (QED) is 0.363. The molecule has 164 valence electrons. The molecule has 32 heavy (non-hydrogen) atoms. The van der Waals surface area contributed by atoms with E-state index in [1.54, 1.807) is 12.1 Å². The number of esters is 1. The molecule has 0 aromatic heterocycles. The fourth-order valence-electron chi connectivity index (χ4n) is 4.19. The van der Waals surface area contributed by atoms with E-state index in [0.717, 1.165) is 5.56 Å². The first-order chi connectivity index (χ1) is 15.3. The van der Waals surface area contributed by atoms with Crippen LogP contribution in [0.3, 0.4) is 0 Å². The van der Waals surface area contributed by atoms with Gasteiger partial charge in [-0.05, 0) is 11.1 Å². The van der Waals surface area contributed by atoms with Crippen LogP contribution in [-0.4, -0.2) is 18.0 Å². The summed E-state index contributed by atoms with van der Waals surface area (Å²) >= 11 is 0. The molecule has 3 atom stereocenters. The van der Waals surface area contributed by atoms with Crippen LogP contribution in [0.15, 0.2) is 91.0 Å². The van der Waals surface area contributed by atoms with E-state index in [4.69, 9.17) is 9.47 Å². The Bertz CT molecular complexity index is 1070. The van der Waals surface area contributed by atoms with Gasteiger partial charge in [-0.2, -0.15) is 0 Å². The number of Topliss-reactive ketones (excluding diaryl/α,β-unsaturated/α-hetero) is 1. The predicted molar refractivity (Wildman–Crippen MR) is 123 cm³/mol. The molecule has 0 bridgehead atoms. The molecule has 0 unspecified atom stereocenters. The molecule has 4 nitrogen and oxygen atoms in total. The second-order valence-electron chi connectivity index (χ2n) is 9.28. The van der Waals surface area contributed by atoms with Crippen molar-refractivity contribution in [2.45, 2.75) is 45.0 Å². The monoisotopic (exact) mass is 428 g/mol. The number of carbonyl (C=O) groups is 2.